The minimum Gasteiger partial charge on any atom is -0.467 e. The van der Waals surface area contributed by atoms with Crippen molar-refractivity contribution in [2.75, 3.05) is 36.8 Å². The van der Waals surface area contributed by atoms with E-state index in [-0.39, 0.29) is 23.0 Å². The first-order chi connectivity index (χ1) is 16.1. The van der Waals surface area contributed by atoms with Crippen LogP contribution in [0.1, 0.15) is 27.1 Å². The number of furan rings is 1. The summed E-state index contributed by atoms with van der Waals surface area (Å²) in [6.45, 7) is 2.69. The molecule has 2 amide bonds. The van der Waals surface area contributed by atoms with Crippen molar-refractivity contribution in [1.82, 2.24) is 9.80 Å². The molecule has 2 saturated heterocycles. The number of thioether (sulfide) groups is 1. The van der Waals surface area contributed by atoms with Gasteiger partial charge in [0.15, 0.2) is 0 Å². The molecule has 0 spiro atoms. The fourth-order valence-corrected chi connectivity index (χ4v) is 5.49. The number of carbonyl (C=O) groups excluding carboxylic acids is 2. The molecule has 2 aromatic carbocycles. The van der Waals surface area contributed by atoms with Crippen LogP contribution in [0.25, 0.3) is 0 Å². The van der Waals surface area contributed by atoms with Gasteiger partial charge < -0.3 is 19.1 Å². The number of piperazine rings is 1. The van der Waals surface area contributed by atoms with Crippen molar-refractivity contribution in [2.24, 2.45) is 0 Å². The lowest BCUT2D eigenvalue weighted by Gasteiger charge is -2.36. The molecule has 2 aliphatic rings. The van der Waals surface area contributed by atoms with Gasteiger partial charge in [-0.05, 0) is 42.0 Å². The second-order valence-electron chi connectivity index (χ2n) is 8.12. The Morgan fingerprint density at radius 1 is 1.00 bits per heavy atom. The maximum atomic E-state index is 14.1. The van der Waals surface area contributed by atoms with E-state index in [4.69, 9.17) is 4.42 Å². The van der Waals surface area contributed by atoms with Gasteiger partial charge in [0, 0.05) is 31.7 Å². The van der Waals surface area contributed by atoms with Crippen LogP contribution in [0.15, 0.2) is 71.3 Å². The first-order valence-electron chi connectivity index (χ1n) is 10.9. The third-order valence-electron chi connectivity index (χ3n) is 6.08. The SMILES string of the molecule is O=C(c1ccc([C@H]2SCC(=O)N2Cc2ccco2)cc1)N1CCN(c2ccccc2F)CC1. The molecule has 6 nitrogen and oxygen atoms in total. The van der Waals surface area contributed by atoms with Gasteiger partial charge in [-0.3, -0.25) is 9.59 Å². The summed E-state index contributed by atoms with van der Waals surface area (Å²) in [7, 11) is 0. The molecule has 3 heterocycles. The smallest absolute Gasteiger partial charge is 0.253 e. The van der Waals surface area contributed by atoms with Gasteiger partial charge in [-0.25, -0.2) is 4.39 Å². The number of hydrogen-bond donors (Lipinski definition) is 0. The fourth-order valence-electron chi connectivity index (χ4n) is 4.30. The van der Waals surface area contributed by atoms with E-state index in [1.807, 2.05) is 57.2 Å². The number of anilines is 1. The highest BCUT2D eigenvalue weighted by Crippen LogP contribution is 2.39. The molecule has 3 aromatic rings. The molecule has 2 fully saturated rings. The summed E-state index contributed by atoms with van der Waals surface area (Å²) < 4.78 is 19.5. The zero-order chi connectivity index (χ0) is 22.8. The molecule has 0 radical (unpaired) electrons. The summed E-state index contributed by atoms with van der Waals surface area (Å²) in [5, 5.41) is -0.101. The Kier molecular flexibility index (Phi) is 6.09. The highest BCUT2D eigenvalue weighted by molar-refractivity contribution is 8.00. The zero-order valence-corrected chi connectivity index (χ0v) is 18.8. The summed E-state index contributed by atoms with van der Waals surface area (Å²) >= 11 is 1.58. The molecule has 2 aliphatic heterocycles. The van der Waals surface area contributed by atoms with E-state index in [1.165, 1.54) is 6.07 Å². The lowest BCUT2D eigenvalue weighted by Crippen LogP contribution is -2.49. The van der Waals surface area contributed by atoms with Crippen molar-refractivity contribution in [3.05, 3.63) is 89.6 Å². The van der Waals surface area contributed by atoms with Crippen LogP contribution in [0.2, 0.25) is 0 Å². The molecule has 33 heavy (non-hydrogen) atoms. The fraction of sp³-hybridized carbons (Fsp3) is 0.280. The zero-order valence-electron chi connectivity index (χ0n) is 18.0. The Hall–Kier alpha value is -3.26. The quantitative estimate of drug-likeness (QED) is 0.567. The predicted octanol–water partition coefficient (Wildman–Crippen LogP) is 4.16. The van der Waals surface area contributed by atoms with Crippen LogP contribution in [-0.4, -0.2) is 53.5 Å². The molecule has 0 saturated carbocycles. The summed E-state index contributed by atoms with van der Waals surface area (Å²) in [6, 6.07) is 17.9. The van der Waals surface area contributed by atoms with E-state index < -0.39 is 0 Å². The van der Waals surface area contributed by atoms with Gasteiger partial charge in [0.2, 0.25) is 5.91 Å². The third kappa shape index (κ3) is 4.48. The van der Waals surface area contributed by atoms with Crippen LogP contribution in [0.4, 0.5) is 10.1 Å². The Bertz CT molecular complexity index is 1130. The number of hydrogen-bond acceptors (Lipinski definition) is 5. The van der Waals surface area contributed by atoms with E-state index >= 15 is 0 Å². The van der Waals surface area contributed by atoms with Gasteiger partial charge in [-0.2, -0.15) is 0 Å². The van der Waals surface area contributed by atoms with E-state index in [0.717, 1.165) is 11.3 Å². The molecule has 0 aliphatic carbocycles. The molecular formula is C25H24FN3O3S. The van der Waals surface area contributed by atoms with E-state index in [2.05, 4.69) is 0 Å². The molecule has 5 rings (SSSR count). The van der Waals surface area contributed by atoms with E-state index in [0.29, 0.717) is 49.7 Å². The van der Waals surface area contributed by atoms with Crippen LogP contribution in [0.5, 0.6) is 0 Å². The topological polar surface area (TPSA) is 57.0 Å². The minimum absolute atomic E-state index is 0.0303. The van der Waals surface area contributed by atoms with Crippen molar-refractivity contribution in [3.63, 3.8) is 0 Å². The maximum absolute atomic E-state index is 14.1. The van der Waals surface area contributed by atoms with E-state index in [1.54, 1.807) is 30.2 Å². The standard InChI is InChI=1S/C25H24FN3O3S/c26-21-5-1-2-6-22(21)27-11-13-28(14-12-27)24(31)18-7-9-19(10-8-18)25-29(23(30)17-33-25)16-20-4-3-15-32-20/h1-10,15,25H,11-14,16-17H2/t25-/m1/s1. The lowest BCUT2D eigenvalue weighted by atomic mass is 10.1. The van der Waals surface area contributed by atoms with Crippen molar-refractivity contribution < 1.29 is 18.4 Å². The monoisotopic (exact) mass is 465 g/mol. The predicted molar refractivity (Wildman–Crippen MR) is 125 cm³/mol. The van der Waals surface area contributed by atoms with Gasteiger partial charge in [0.25, 0.3) is 5.91 Å². The molecular weight excluding hydrogens is 441 g/mol. The van der Waals surface area contributed by atoms with Crippen molar-refractivity contribution in [1.29, 1.82) is 0 Å². The van der Waals surface area contributed by atoms with Crippen LogP contribution >= 0.6 is 11.8 Å². The highest BCUT2D eigenvalue weighted by Gasteiger charge is 2.33. The number of para-hydroxylation sites is 1. The van der Waals surface area contributed by atoms with Gasteiger partial charge >= 0.3 is 0 Å². The number of nitrogens with zero attached hydrogens (tertiary/aromatic N) is 3. The summed E-state index contributed by atoms with van der Waals surface area (Å²) in [6.07, 6.45) is 1.61. The molecule has 1 aromatic heterocycles. The third-order valence-corrected chi connectivity index (χ3v) is 7.33. The Balaban J connectivity index is 1.23. The maximum Gasteiger partial charge on any atom is 0.253 e. The molecule has 0 unspecified atom stereocenters. The van der Waals surface area contributed by atoms with Crippen molar-refractivity contribution >= 4 is 29.3 Å². The molecule has 8 heteroatoms. The van der Waals surface area contributed by atoms with Crippen LogP contribution < -0.4 is 4.90 Å². The molecule has 0 N–H and O–H groups in total. The Morgan fingerprint density at radius 2 is 1.76 bits per heavy atom. The van der Waals surface area contributed by atoms with Crippen molar-refractivity contribution in [3.8, 4) is 0 Å². The Morgan fingerprint density at radius 3 is 2.45 bits per heavy atom. The lowest BCUT2D eigenvalue weighted by molar-refractivity contribution is -0.128. The number of rotatable bonds is 5. The summed E-state index contributed by atoms with van der Waals surface area (Å²) in [5.41, 5.74) is 2.18. The molecule has 0 bridgehead atoms. The second kappa shape index (κ2) is 9.31. The molecule has 1 atom stereocenters. The number of amides is 2. The van der Waals surface area contributed by atoms with E-state index in [9.17, 15) is 14.0 Å². The van der Waals surface area contributed by atoms with Gasteiger partial charge in [0.1, 0.15) is 17.0 Å². The largest absolute Gasteiger partial charge is 0.467 e. The van der Waals surface area contributed by atoms with Crippen LogP contribution in [0, 0.1) is 5.82 Å². The molecule has 170 valence electrons. The number of benzene rings is 2. The number of carbonyl (C=O) groups is 2. The first kappa shape index (κ1) is 21.6. The van der Waals surface area contributed by atoms with Crippen LogP contribution in [0.3, 0.4) is 0 Å². The van der Waals surface area contributed by atoms with Gasteiger partial charge in [-0.15, -0.1) is 11.8 Å². The normalized spacial score (nSPS) is 18.8. The minimum atomic E-state index is -0.239. The Labute approximate surface area is 196 Å². The summed E-state index contributed by atoms with van der Waals surface area (Å²) in [5.74, 6) is 0.985. The first-order valence-corrected chi connectivity index (χ1v) is 12.0. The average Bonchev–Trinajstić information content (AvgIpc) is 3.50. The summed E-state index contributed by atoms with van der Waals surface area (Å²) in [4.78, 5) is 31.0. The highest BCUT2D eigenvalue weighted by atomic mass is 32.2. The van der Waals surface area contributed by atoms with Crippen LogP contribution in [-0.2, 0) is 11.3 Å². The van der Waals surface area contributed by atoms with Gasteiger partial charge in [0.05, 0.1) is 24.2 Å². The average molecular weight is 466 g/mol. The van der Waals surface area contributed by atoms with Gasteiger partial charge in [-0.1, -0.05) is 24.3 Å². The van der Waals surface area contributed by atoms with Crippen molar-refractivity contribution in [2.45, 2.75) is 11.9 Å². The number of halogens is 1. The second-order valence-corrected chi connectivity index (χ2v) is 9.19.